The summed E-state index contributed by atoms with van der Waals surface area (Å²) in [5.41, 5.74) is -0.709. The second kappa shape index (κ2) is 10.4. The molecule has 0 aliphatic heterocycles. The van der Waals surface area contributed by atoms with E-state index in [4.69, 9.17) is 21.1 Å². The molecule has 0 unspecified atom stereocenters. The third-order valence-electron chi connectivity index (χ3n) is 4.81. The third-order valence-corrected chi connectivity index (χ3v) is 5.13. The molecule has 0 radical (unpaired) electrons. The molecule has 0 atom stereocenters. The number of hydrogen-bond acceptors (Lipinski definition) is 4. The molecule has 35 heavy (non-hydrogen) atoms. The quantitative estimate of drug-likeness (QED) is 0.363. The number of amides is 1. The Labute approximate surface area is 206 Å². The van der Waals surface area contributed by atoms with E-state index in [-0.39, 0.29) is 5.69 Å². The molecule has 3 aromatic carbocycles. The first-order valence-corrected chi connectivity index (χ1v) is 10.9. The zero-order valence-electron chi connectivity index (χ0n) is 19.5. The van der Waals surface area contributed by atoms with Gasteiger partial charge in [-0.3, -0.25) is 14.5 Å². The Hall–Kier alpha value is -3.52. The van der Waals surface area contributed by atoms with Gasteiger partial charge in [-0.05, 0) is 50.6 Å². The Morgan fingerprint density at radius 1 is 0.971 bits per heavy atom. The van der Waals surface area contributed by atoms with Crippen molar-refractivity contribution in [3.8, 4) is 16.9 Å². The Morgan fingerprint density at radius 3 is 2.20 bits per heavy atom. The van der Waals surface area contributed by atoms with Crippen LogP contribution >= 0.6 is 11.6 Å². The van der Waals surface area contributed by atoms with Gasteiger partial charge in [0.25, 0.3) is 5.91 Å². The fourth-order valence-corrected chi connectivity index (χ4v) is 3.72. The minimum absolute atomic E-state index is 0.128. The number of hydrogen-bond donors (Lipinski definition) is 0. The van der Waals surface area contributed by atoms with E-state index in [1.807, 2.05) is 0 Å². The maximum absolute atomic E-state index is 14.5. The standard InChI is InChI=1S/C26H23ClF3NO4/c1-26(2,3)35-22(32)14-31(25(33)24-19(29)12-16(28)13-20(24)30)17-8-5-7-15(11-17)23-18(27)9-6-10-21(23)34-4/h5-13H,14H2,1-4H3. The number of methoxy groups -OCH3 is 1. The molecule has 0 heterocycles. The van der Waals surface area contributed by atoms with Gasteiger partial charge in [0, 0.05) is 23.4 Å². The van der Waals surface area contributed by atoms with Crippen LogP contribution in [0.2, 0.25) is 5.02 Å². The number of ether oxygens (including phenoxy) is 2. The molecule has 1 amide bonds. The van der Waals surface area contributed by atoms with Crippen molar-refractivity contribution in [1.82, 2.24) is 0 Å². The van der Waals surface area contributed by atoms with Gasteiger partial charge in [-0.15, -0.1) is 0 Å². The molecular formula is C26H23ClF3NO4. The number of halogens is 4. The van der Waals surface area contributed by atoms with Crippen LogP contribution in [0.1, 0.15) is 31.1 Å². The largest absolute Gasteiger partial charge is 0.496 e. The van der Waals surface area contributed by atoms with Crippen LogP contribution in [-0.4, -0.2) is 31.1 Å². The minimum atomic E-state index is -1.40. The fraction of sp³-hybridized carbons (Fsp3) is 0.231. The zero-order valence-corrected chi connectivity index (χ0v) is 20.3. The van der Waals surface area contributed by atoms with E-state index in [0.29, 0.717) is 34.0 Å². The van der Waals surface area contributed by atoms with E-state index in [1.165, 1.54) is 19.2 Å². The summed E-state index contributed by atoms with van der Waals surface area (Å²) in [4.78, 5) is 26.8. The second-order valence-corrected chi connectivity index (χ2v) is 9.00. The molecule has 0 bridgehead atoms. The Morgan fingerprint density at radius 2 is 1.60 bits per heavy atom. The van der Waals surface area contributed by atoms with E-state index >= 15 is 0 Å². The Balaban J connectivity index is 2.13. The summed E-state index contributed by atoms with van der Waals surface area (Å²) in [5, 5.41) is 0.363. The molecule has 0 aromatic heterocycles. The lowest BCUT2D eigenvalue weighted by Crippen LogP contribution is -2.39. The van der Waals surface area contributed by atoms with Crippen LogP contribution in [0.3, 0.4) is 0 Å². The van der Waals surface area contributed by atoms with Crippen molar-refractivity contribution in [1.29, 1.82) is 0 Å². The Kier molecular flexibility index (Phi) is 7.75. The molecule has 0 N–H and O–H groups in total. The number of nitrogens with zero attached hydrogens (tertiary/aromatic N) is 1. The van der Waals surface area contributed by atoms with Crippen molar-refractivity contribution in [2.45, 2.75) is 26.4 Å². The zero-order chi connectivity index (χ0) is 25.9. The third kappa shape index (κ3) is 6.14. The minimum Gasteiger partial charge on any atom is -0.496 e. The van der Waals surface area contributed by atoms with Crippen LogP contribution in [0.15, 0.2) is 54.6 Å². The van der Waals surface area contributed by atoms with E-state index in [2.05, 4.69) is 0 Å². The lowest BCUT2D eigenvalue weighted by Gasteiger charge is -2.26. The molecule has 184 valence electrons. The molecular weight excluding hydrogens is 483 g/mol. The van der Waals surface area contributed by atoms with Gasteiger partial charge in [-0.25, -0.2) is 13.2 Å². The SMILES string of the molecule is COc1cccc(Cl)c1-c1cccc(N(CC(=O)OC(C)(C)C)C(=O)c2c(F)cc(F)cc2F)c1. The van der Waals surface area contributed by atoms with Crippen LogP contribution in [-0.2, 0) is 9.53 Å². The molecule has 0 spiro atoms. The molecule has 0 fully saturated rings. The van der Waals surface area contributed by atoms with E-state index < -0.39 is 47.0 Å². The van der Waals surface area contributed by atoms with Crippen molar-refractivity contribution in [2.24, 2.45) is 0 Å². The normalized spacial score (nSPS) is 11.2. The lowest BCUT2D eigenvalue weighted by atomic mass is 10.0. The average molecular weight is 506 g/mol. The summed E-state index contributed by atoms with van der Waals surface area (Å²) in [7, 11) is 1.47. The fourth-order valence-electron chi connectivity index (χ4n) is 3.45. The summed E-state index contributed by atoms with van der Waals surface area (Å²) < 4.78 is 53.1. The van der Waals surface area contributed by atoms with Crippen molar-refractivity contribution in [2.75, 3.05) is 18.6 Å². The summed E-state index contributed by atoms with van der Waals surface area (Å²) in [5.74, 6) is -5.52. The van der Waals surface area contributed by atoms with Gasteiger partial charge in [0.15, 0.2) is 0 Å². The van der Waals surface area contributed by atoms with Crippen molar-refractivity contribution < 1.29 is 32.2 Å². The number of carbonyl (C=O) groups excluding carboxylic acids is 2. The first-order valence-electron chi connectivity index (χ1n) is 10.5. The summed E-state index contributed by atoms with van der Waals surface area (Å²) in [6, 6.07) is 12.1. The highest BCUT2D eigenvalue weighted by Crippen LogP contribution is 2.38. The van der Waals surface area contributed by atoms with Gasteiger partial charge in [0.2, 0.25) is 0 Å². The molecule has 5 nitrogen and oxygen atoms in total. The van der Waals surface area contributed by atoms with Gasteiger partial charge in [-0.2, -0.15) is 0 Å². The van der Waals surface area contributed by atoms with Gasteiger partial charge in [-0.1, -0.05) is 29.8 Å². The summed E-state index contributed by atoms with van der Waals surface area (Å²) >= 11 is 6.38. The Bertz CT molecular complexity index is 1250. The van der Waals surface area contributed by atoms with E-state index in [0.717, 1.165) is 4.90 Å². The highest BCUT2D eigenvalue weighted by atomic mass is 35.5. The molecule has 0 saturated carbocycles. The lowest BCUT2D eigenvalue weighted by molar-refractivity contribution is -0.152. The second-order valence-electron chi connectivity index (χ2n) is 8.59. The topological polar surface area (TPSA) is 55.8 Å². The first-order chi connectivity index (χ1) is 16.4. The molecule has 0 aliphatic carbocycles. The summed E-state index contributed by atoms with van der Waals surface area (Å²) in [6.45, 7) is 4.26. The molecule has 0 aliphatic rings. The number of rotatable bonds is 6. The maximum atomic E-state index is 14.5. The van der Waals surface area contributed by atoms with E-state index in [9.17, 15) is 22.8 Å². The van der Waals surface area contributed by atoms with Crippen LogP contribution in [0.25, 0.3) is 11.1 Å². The molecule has 3 rings (SSSR count). The van der Waals surface area contributed by atoms with Crippen molar-refractivity contribution in [3.63, 3.8) is 0 Å². The van der Waals surface area contributed by atoms with E-state index in [1.54, 1.807) is 51.1 Å². The van der Waals surface area contributed by atoms with Crippen LogP contribution in [0.4, 0.5) is 18.9 Å². The van der Waals surface area contributed by atoms with Crippen LogP contribution in [0, 0.1) is 17.5 Å². The highest BCUT2D eigenvalue weighted by Gasteiger charge is 2.29. The number of benzene rings is 3. The number of carbonyl (C=O) groups is 2. The highest BCUT2D eigenvalue weighted by molar-refractivity contribution is 6.33. The maximum Gasteiger partial charge on any atom is 0.326 e. The van der Waals surface area contributed by atoms with Crippen LogP contribution < -0.4 is 9.64 Å². The smallest absolute Gasteiger partial charge is 0.326 e. The van der Waals surface area contributed by atoms with Crippen molar-refractivity contribution >= 4 is 29.2 Å². The summed E-state index contributed by atoms with van der Waals surface area (Å²) in [6.07, 6.45) is 0. The van der Waals surface area contributed by atoms with Crippen LogP contribution in [0.5, 0.6) is 5.75 Å². The average Bonchev–Trinajstić information content (AvgIpc) is 2.75. The van der Waals surface area contributed by atoms with Crippen molar-refractivity contribution in [3.05, 3.63) is 82.6 Å². The van der Waals surface area contributed by atoms with Gasteiger partial charge < -0.3 is 9.47 Å². The molecule has 0 saturated heterocycles. The number of esters is 1. The first kappa shape index (κ1) is 26.1. The monoisotopic (exact) mass is 505 g/mol. The number of anilines is 1. The van der Waals surface area contributed by atoms with Gasteiger partial charge >= 0.3 is 5.97 Å². The predicted molar refractivity (Wildman–Crippen MR) is 127 cm³/mol. The van der Waals surface area contributed by atoms with Gasteiger partial charge in [0.05, 0.1) is 12.1 Å². The molecule has 3 aromatic rings. The predicted octanol–water partition coefficient (Wildman–Crippen LogP) is 6.42. The molecule has 9 heteroatoms. The van der Waals surface area contributed by atoms with Gasteiger partial charge in [0.1, 0.15) is 40.9 Å².